The smallest absolute Gasteiger partial charge is 0.0751 e. The molecule has 0 spiro atoms. The van der Waals surface area contributed by atoms with Crippen LogP contribution in [0.5, 0.6) is 0 Å². The number of rotatable bonds is 2. The average Bonchev–Trinajstić information content (AvgIpc) is 2.27. The van der Waals surface area contributed by atoms with E-state index in [0.29, 0.717) is 5.92 Å². The summed E-state index contributed by atoms with van der Waals surface area (Å²) in [6.07, 6.45) is 11.5. The predicted octanol–water partition coefficient (Wildman–Crippen LogP) is 3.92. The van der Waals surface area contributed by atoms with Crippen LogP contribution in [0.4, 0.5) is 0 Å². The second-order valence-electron chi connectivity index (χ2n) is 6.11. The maximum absolute atomic E-state index is 10.2. The summed E-state index contributed by atoms with van der Waals surface area (Å²) in [4.78, 5) is 0. The molecule has 0 amide bonds. The first-order chi connectivity index (χ1) is 7.66. The SMILES string of the molecule is CC(C)=CC(O)C1CCC2CCCCC2C1. The molecule has 2 fully saturated rings. The molecule has 0 aromatic rings. The van der Waals surface area contributed by atoms with Gasteiger partial charge < -0.3 is 5.11 Å². The summed E-state index contributed by atoms with van der Waals surface area (Å²) >= 11 is 0. The van der Waals surface area contributed by atoms with Gasteiger partial charge in [0, 0.05) is 0 Å². The summed E-state index contributed by atoms with van der Waals surface area (Å²) in [6.45, 7) is 4.16. The molecule has 2 aliphatic rings. The van der Waals surface area contributed by atoms with Crippen LogP contribution in [0, 0.1) is 17.8 Å². The van der Waals surface area contributed by atoms with Gasteiger partial charge in [0.1, 0.15) is 0 Å². The van der Waals surface area contributed by atoms with Gasteiger partial charge in [-0.05, 0) is 50.9 Å². The minimum Gasteiger partial charge on any atom is -0.389 e. The Morgan fingerprint density at radius 3 is 2.44 bits per heavy atom. The highest BCUT2D eigenvalue weighted by Crippen LogP contribution is 2.43. The molecule has 2 rings (SSSR count). The molecule has 0 heterocycles. The van der Waals surface area contributed by atoms with Crippen molar-refractivity contribution in [2.75, 3.05) is 0 Å². The van der Waals surface area contributed by atoms with Crippen molar-refractivity contribution in [3.8, 4) is 0 Å². The number of aliphatic hydroxyl groups excluding tert-OH is 1. The van der Waals surface area contributed by atoms with Gasteiger partial charge in [0.25, 0.3) is 0 Å². The normalized spacial score (nSPS) is 36.3. The average molecular weight is 222 g/mol. The molecule has 16 heavy (non-hydrogen) atoms. The molecule has 1 nitrogen and oxygen atoms in total. The molecular weight excluding hydrogens is 196 g/mol. The molecule has 2 aliphatic carbocycles. The van der Waals surface area contributed by atoms with Gasteiger partial charge in [-0.1, -0.05) is 37.3 Å². The van der Waals surface area contributed by atoms with Crippen LogP contribution in [0.25, 0.3) is 0 Å². The third kappa shape index (κ3) is 2.88. The predicted molar refractivity (Wildman–Crippen MR) is 68.2 cm³/mol. The van der Waals surface area contributed by atoms with Gasteiger partial charge in [0.15, 0.2) is 0 Å². The highest BCUT2D eigenvalue weighted by molar-refractivity contribution is 5.01. The lowest BCUT2D eigenvalue weighted by molar-refractivity contribution is 0.0597. The van der Waals surface area contributed by atoms with Gasteiger partial charge in [-0.25, -0.2) is 0 Å². The Balaban J connectivity index is 1.91. The summed E-state index contributed by atoms with van der Waals surface area (Å²) < 4.78 is 0. The van der Waals surface area contributed by atoms with E-state index in [9.17, 15) is 5.11 Å². The van der Waals surface area contributed by atoms with Crippen molar-refractivity contribution in [3.05, 3.63) is 11.6 Å². The molecule has 0 radical (unpaired) electrons. The highest BCUT2D eigenvalue weighted by atomic mass is 16.3. The monoisotopic (exact) mass is 222 g/mol. The summed E-state index contributed by atoms with van der Waals surface area (Å²) in [6, 6.07) is 0. The maximum atomic E-state index is 10.2. The molecular formula is C15H26O. The van der Waals surface area contributed by atoms with Crippen molar-refractivity contribution < 1.29 is 5.11 Å². The van der Waals surface area contributed by atoms with E-state index < -0.39 is 0 Å². The lowest BCUT2D eigenvalue weighted by Crippen LogP contribution is -2.32. The molecule has 4 atom stereocenters. The fourth-order valence-electron chi connectivity index (χ4n) is 3.70. The van der Waals surface area contributed by atoms with Crippen LogP contribution >= 0.6 is 0 Å². The third-order valence-electron chi connectivity index (χ3n) is 4.57. The van der Waals surface area contributed by atoms with Gasteiger partial charge in [-0.3, -0.25) is 0 Å². The zero-order chi connectivity index (χ0) is 11.5. The zero-order valence-electron chi connectivity index (χ0n) is 10.8. The van der Waals surface area contributed by atoms with E-state index in [2.05, 4.69) is 13.8 Å². The molecule has 2 saturated carbocycles. The van der Waals surface area contributed by atoms with Gasteiger partial charge in [0.05, 0.1) is 6.10 Å². The van der Waals surface area contributed by atoms with Crippen LogP contribution in [0.1, 0.15) is 58.8 Å². The van der Waals surface area contributed by atoms with Gasteiger partial charge in [-0.2, -0.15) is 0 Å². The minimum absolute atomic E-state index is 0.187. The summed E-state index contributed by atoms with van der Waals surface area (Å²) in [5.41, 5.74) is 1.25. The van der Waals surface area contributed by atoms with Crippen LogP contribution in [-0.4, -0.2) is 11.2 Å². The zero-order valence-corrected chi connectivity index (χ0v) is 10.8. The number of hydrogen-bond donors (Lipinski definition) is 1. The molecule has 0 aromatic carbocycles. The lowest BCUT2D eigenvalue weighted by atomic mass is 9.66. The van der Waals surface area contributed by atoms with E-state index in [0.717, 1.165) is 11.8 Å². The van der Waals surface area contributed by atoms with E-state index in [-0.39, 0.29) is 6.10 Å². The van der Waals surface area contributed by atoms with Crippen molar-refractivity contribution in [1.29, 1.82) is 0 Å². The van der Waals surface area contributed by atoms with Crippen molar-refractivity contribution in [2.45, 2.75) is 64.9 Å². The molecule has 4 unspecified atom stereocenters. The number of fused-ring (bicyclic) bond motifs is 1. The Kier molecular flexibility index (Phi) is 4.07. The first-order valence-corrected chi connectivity index (χ1v) is 7.00. The van der Waals surface area contributed by atoms with E-state index in [1.54, 1.807) is 0 Å². The van der Waals surface area contributed by atoms with Crippen LogP contribution in [0.2, 0.25) is 0 Å². The second-order valence-corrected chi connectivity index (χ2v) is 6.11. The Morgan fingerprint density at radius 2 is 1.75 bits per heavy atom. The van der Waals surface area contributed by atoms with E-state index in [1.165, 1.54) is 50.5 Å². The number of aliphatic hydroxyl groups is 1. The molecule has 0 aromatic heterocycles. The third-order valence-corrected chi connectivity index (χ3v) is 4.57. The molecule has 1 N–H and O–H groups in total. The quantitative estimate of drug-likeness (QED) is 0.702. The number of hydrogen-bond acceptors (Lipinski definition) is 1. The summed E-state index contributed by atoms with van der Waals surface area (Å²) in [5, 5.41) is 10.2. The number of allylic oxidation sites excluding steroid dienone is 1. The summed E-state index contributed by atoms with van der Waals surface area (Å²) in [7, 11) is 0. The van der Waals surface area contributed by atoms with Gasteiger partial charge >= 0.3 is 0 Å². The van der Waals surface area contributed by atoms with Crippen molar-refractivity contribution in [1.82, 2.24) is 0 Å². The van der Waals surface area contributed by atoms with Crippen LogP contribution in [-0.2, 0) is 0 Å². The Morgan fingerprint density at radius 1 is 1.06 bits per heavy atom. The first kappa shape index (κ1) is 12.2. The minimum atomic E-state index is -0.187. The van der Waals surface area contributed by atoms with Crippen LogP contribution in [0.3, 0.4) is 0 Å². The Hall–Kier alpha value is -0.300. The molecule has 92 valence electrons. The molecule has 0 aliphatic heterocycles. The van der Waals surface area contributed by atoms with Crippen molar-refractivity contribution in [3.63, 3.8) is 0 Å². The largest absolute Gasteiger partial charge is 0.389 e. The van der Waals surface area contributed by atoms with Gasteiger partial charge in [0.2, 0.25) is 0 Å². The molecule has 0 bridgehead atoms. The van der Waals surface area contributed by atoms with E-state index in [1.807, 2.05) is 6.08 Å². The van der Waals surface area contributed by atoms with E-state index >= 15 is 0 Å². The lowest BCUT2D eigenvalue weighted by Gasteiger charge is -2.40. The topological polar surface area (TPSA) is 20.2 Å². The van der Waals surface area contributed by atoms with Crippen LogP contribution < -0.4 is 0 Å². The summed E-state index contributed by atoms with van der Waals surface area (Å²) in [5.74, 6) is 2.45. The van der Waals surface area contributed by atoms with Gasteiger partial charge in [-0.15, -0.1) is 0 Å². The molecule has 1 heteroatoms. The van der Waals surface area contributed by atoms with Crippen LogP contribution in [0.15, 0.2) is 11.6 Å². The Bertz CT molecular complexity index is 252. The van der Waals surface area contributed by atoms with E-state index in [4.69, 9.17) is 0 Å². The fraction of sp³-hybridized carbons (Fsp3) is 0.867. The second kappa shape index (κ2) is 5.35. The first-order valence-electron chi connectivity index (χ1n) is 7.00. The molecule has 0 saturated heterocycles. The maximum Gasteiger partial charge on any atom is 0.0751 e. The fourth-order valence-corrected chi connectivity index (χ4v) is 3.70. The van der Waals surface area contributed by atoms with Crippen molar-refractivity contribution in [2.24, 2.45) is 17.8 Å². The Labute approximate surface area is 99.9 Å². The highest BCUT2D eigenvalue weighted by Gasteiger charge is 2.34. The standard InChI is InChI=1S/C15H26O/c1-11(2)9-15(16)14-8-7-12-5-3-4-6-13(12)10-14/h9,12-16H,3-8,10H2,1-2H3. The van der Waals surface area contributed by atoms with Crippen molar-refractivity contribution >= 4 is 0 Å².